The van der Waals surface area contributed by atoms with Crippen molar-refractivity contribution in [2.75, 3.05) is 6.54 Å². The van der Waals surface area contributed by atoms with E-state index in [1.54, 1.807) is 25.1 Å². The molecule has 150 valence electrons. The van der Waals surface area contributed by atoms with Crippen LogP contribution in [0, 0.1) is 5.82 Å². The second kappa shape index (κ2) is 11.0. The fourth-order valence-corrected chi connectivity index (χ4v) is 3.30. The summed E-state index contributed by atoms with van der Waals surface area (Å²) in [5, 5.41) is 2.87. The SMILES string of the molecule is CCCCNC(=O)C(C)N(Cc1cccc(Br)c1)C(=O)Cc1ccccc1F. The Bertz CT molecular complexity index is 813. The molecule has 0 aliphatic carbocycles. The van der Waals surface area contributed by atoms with Gasteiger partial charge >= 0.3 is 0 Å². The first kappa shape index (κ1) is 22.1. The van der Waals surface area contributed by atoms with Gasteiger partial charge in [-0.2, -0.15) is 0 Å². The number of unbranched alkanes of at least 4 members (excludes halogenated alkanes) is 1. The lowest BCUT2D eigenvalue weighted by atomic mass is 10.1. The number of nitrogens with zero attached hydrogens (tertiary/aromatic N) is 1. The Balaban J connectivity index is 2.20. The Morgan fingerprint density at radius 1 is 1.18 bits per heavy atom. The molecular formula is C22H26BrFN2O2. The van der Waals surface area contributed by atoms with Crippen molar-refractivity contribution in [3.63, 3.8) is 0 Å². The van der Waals surface area contributed by atoms with Crippen molar-refractivity contribution in [1.82, 2.24) is 10.2 Å². The summed E-state index contributed by atoms with van der Waals surface area (Å²) in [7, 11) is 0. The summed E-state index contributed by atoms with van der Waals surface area (Å²) in [5.41, 5.74) is 1.22. The van der Waals surface area contributed by atoms with Crippen LogP contribution >= 0.6 is 15.9 Å². The second-order valence-electron chi connectivity index (χ2n) is 6.74. The summed E-state index contributed by atoms with van der Waals surface area (Å²) >= 11 is 3.43. The molecule has 0 fully saturated rings. The molecule has 2 rings (SSSR count). The lowest BCUT2D eigenvalue weighted by Crippen LogP contribution is -2.48. The van der Waals surface area contributed by atoms with Crippen LogP contribution in [-0.2, 0) is 22.6 Å². The van der Waals surface area contributed by atoms with E-state index >= 15 is 0 Å². The first-order valence-corrected chi connectivity index (χ1v) is 10.3. The minimum atomic E-state index is -0.657. The highest BCUT2D eigenvalue weighted by atomic mass is 79.9. The number of nitrogens with one attached hydrogen (secondary N) is 1. The maximum absolute atomic E-state index is 14.0. The minimum absolute atomic E-state index is 0.0900. The van der Waals surface area contributed by atoms with Crippen LogP contribution < -0.4 is 5.32 Å². The molecule has 0 aliphatic heterocycles. The van der Waals surface area contributed by atoms with Gasteiger partial charge in [-0.05, 0) is 42.7 Å². The van der Waals surface area contributed by atoms with Crippen LogP contribution in [-0.4, -0.2) is 29.3 Å². The van der Waals surface area contributed by atoms with Crippen LogP contribution in [0.25, 0.3) is 0 Å². The van der Waals surface area contributed by atoms with E-state index < -0.39 is 11.9 Å². The van der Waals surface area contributed by atoms with E-state index in [2.05, 4.69) is 21.2 Å². The molecule has 0 bridgehead atoms. The quantitative estimate of drug-likeness (QED) is 0.575. The lowest BCUT2D eigenvalue weighted by molar-refractivity contribution is -0.140. The van der Waals surface area contributed by atoms with Crippen molar-refractivity contribution in [2.24, 2.45) is 0 Å². The molecule has 6 heteroatoms. The molecule has 2 aromatic rings. The smallest absolute Gasteiger partial charge is 0.242 e. The van der Waals surface area contributed by atoms with E-state index in [-0.39, 0.29) is 24.8 Å². The number of carbonyl (C=O) groups excluding carboxylic acids is 2. The predicted molar refractivity (Wildman–Crippen MR) is 112 cm³/mol. The number of amides is 2. The zero-order chi connectivity index (χ0) is 20.5. The van der Waals surface area contributed by atoms with E-state index in [0.717, 1.165) is 22.9 Å². The number of hydrogen-bond donors (Lipinski definition) is 1. The molecule has 0 saturated heterocycles. The third kappa shape index (κ3) is 6.44. The minimum Gasteiger partial charge on any atom is -0.354 e. The van der Waals surface area contributed by atoms with Gasteiger partial charge < -0.3 is 10.2 Å². The van der Waals surface area contributed by atoms with Gasteiger partial charge in [0.2, 0.25) is 11.8 Å². The average molecular weight is 449 g/mol. The van der Waals surface area contributed by atoms with Gasteiger partial charge in [0, 0.05) is 17.6 Å². The summed E-state index contributed by atoms with van der Waals surface area (Å²) in [6, 6.07) is 13.1. The third-order valence-corrected chi connectivity index (χ3v) is 5.03. The van der Waals surface area contributed by atoms with Crippen molar-refractivity contribution >= 4 is 27.7 Å². The van der Waals surface area contributed by atoms with E-state index in [9.17, 15) is 14.0 Å². The monoisotopic (exact) mass is 448 g/mol. The highest BCUT2D eigenvalue weighted by Crippen LogP contribution is 2.17. The van der Waals surface area contributed by atoms with Crippen LogP contribution in [0.4, 0.5) is 4.39 Å². The third-order valence-electron chi connectivity index (χ3n) is 4.54. The van der Waals surface area contributed by atoms with Crippen LogP contribution in [0.1, 0.15) is 37.8 Å². The molecular weight excluding hydrogens is 423 g/mol. The fraction of sp³-hybridized carbons (Fsp3) is 0.364. The van der Waals surface area contributed by atoms with Gasteiger partial charge in [0.25, 0.3) is 0 Å². The number of halogens is 2. The van der Waals surface area contributed by atoms with E-state index in [1.807, 2.05) is 31.2 Å². The molecule has 1 atom stereocenters. The largest absolute Gasteiger partial charge is 0.354 e. The highest BCUT2D eigenvalue weighted by molar-refractivity contribution is 9.10. The van der Waals surface area contributed by atoms with Crippen molar-refractivity contribution in [1.29, 1.82) is 0 Å². The molecule has 0 spiro atoms. The second-order valence-corrected chi connectivity index (χ2v) is 7.66. The van der Waals surface area contributed by atoms with Crippen molar-refractivity contribution in [2.45, 2.75) is 45.7 Å². The molecule has 1 N–H and O–H groups in total. The summed E-state index contributed by atoms with van der Waals surface area (Å²) in [4.78, 5) is 27.1. The van der Waals surface area contributed by atoms with E-state index in [4.69, 9.17) is 0 Å². The van der Waals surface area contributed by atoms with Crippen molar-refractivity contribution < 1.29 is 14.0 Å². The zero-order valence-corrected chi connectivity index (χ0v) is 17.8. The maximum atomic E-state index is 14.0. The molecule has 0 saturated carbocycles. The Morgan fingerprint density at radius 2 is 1.93 bits per heavy atom. The molecule has 2 amide bonds. The topological polar surface area (TPSA) is 49.4 Å². The highest BCUT2D eigenvalue weighted by Gasteiger charge is 2.26. The lowest BCUT2D eigenvalue weighted by Gasteiger charge is -2.29. The molecule has 0 aromatic heterocycles. The molecule has 0 aliphatic rings. The van der Waals surface area contributed by atoms with Crippen LogP contribution in [0.15, 0.2) is 53.0 Å². The van der Waals surface area contributed by atoms with E-state index in [0.29, 0.717) is 12.1 Å². The normalized spacial score (nSPS) is 11.7. The number of hydrogen-bond acceptors (Lipinski definition) is 2. The summed E-state index contributed by atoms with van der Waals surface area (Å²) in [6.07, 6.45) is 1.77. The zero-order valence-electron chi connectivity index (χ0n) is 16.3. The predicted octanol–water partition coefficient (Wildman–Crippen LogP) is 4.46. The van der Waals surface area contributed by atoms with Crippen LogP contribution in [0.2, 0.25) is 0 Å². The van der Waals surface area contributed by atoms with Gasteiger partial charge in [-0.1, -0.05) is 59.6 Å². The van der Waals surface area contributed by atoms with Gasteiger partial charge in [0.15, 0.2) is 0 Å². The van der Waals surface area contributed by atoms with Gasteiger partial charge in [-0.25, -0.2) is 4.39 Å². The molecule has 4 nitrogen and oxygen atoms in total. The summed E-state index contributed by atoms with van der Waals surface area (Å²) in [6.45, 7) is 4.60. The molecule has 0 radical (unpaired) electrons. The standard InChI is InChI=1S/C22H26BrFN2O2/c1-3-4-12-25-22(28)16(2)26(15-17-8-7-10-19(23)13-17)21(27)14-18-9-5-6-11-20(18)24/h5-11,13,16H,3-4,12,14-15H2,1-2H3,(H,25,28). The number of rotatable bonds is 9. The summed E-state index contributed by atoms with van der Waals surface area (Å²) in [5.74, 6) is -0.910. The Hall–Kier alpha value is -2.21. The van der Waals surface area contributed by atoms with Crippen molar-refractivity contribution in [3.8, 4) is 0 Å². The van der Waals surface area contributed by atoms with Gasteiger partial charge in [-0.3, -0.25) is 9.59 Å². The Kier molecular flexibility index (Phi) is 8.64. The van der Waals surface area contributed by atoms with E-state index in [1.165, 1.54) is 11.0 Å². The van der Waals surface area contributed by atoms with Gasteiger partial charge in [0.1, 0.15) is 11.9 Å². The summed E-state index contributed by atoms with van der Waals surface area (Å²) < 4.78 is 14.9. The molecule has 0 heterocycles. The maximum Gasteiger partial charge on any atom is 0.242 e. The first-order chi connectivity index (χ1) is 13.4. The Labute approximate surface area is 174 Å². The van der Waals surface area contributed by atoms with Gasteiger partial charge in [0.05, 0.1) is 6.42 Å². The fourth-order valence-electron chi connectivity index (χ4n) is 2.86. The van der Waals surface area contributed by atoms with Crippen LogP contribution in [0.3, 0.4) is 0 Å². The Morgan fingerprint density at radius 3 is 2.61 bits per heavy atom. The van der Waals surface area contributed by atoms with Crippen LogP contribution in [0.5, 0.6) is 0 Å². The molecule has 1 unspecified atom stereocenters. The van der Waals surface area contributed by atoms with Crippen molar-refractivity contribution in [3.05, 3.63) is 69.9 Å². The molecule has 28 heavy (non-hydrogen) atoms. The number of benzene rings is 2. The van der Waals surface area contributed by atoms with Gasteiger partial charge in [-0.15, -0.1) is 0 Å². The average Bonchev–Trinajstić information content (AvgIpc) is 2.67. The molecule has 2 aromatic carbocycles. The number of carbonyl (C=O) groups is 2. The first-order valence-electron chi connectivity index (χ1n) is 9.47.